The van der Waals surface area contributed by atoms with Gasteiger partial charge in [0.05, 0.1) is 18.5 Å². The summed E-state index contributed by atoms with van der Waals surface area (Å²) in [6, 6.07) is 0. The van der Waals surface area contributed by atoms with Crippen LogP contribution < -0.4 is 4.90 Å². The first-order valence-electron chi connectivity index (χ1n) is 10.2. The van der Waals surface area contributed by atoms with Gasteiger partial charge in [0.2, 0.25) is 0 Å². The van der Waals surface area contributed by atoms with E-state index in [1.54, 1.807) is 11.3 Å². The predicted octanol–water partition coefficient (Wildman–Crippen LogP) is 2.41. The van der Waals surface area contributed by atoms with Crippen LogP contribution in [-0.4, -0.2) is 77.3 Å². The average molecular weight is 390 g/mol. The predicted molar refractivity (Wildman–Crippen MR) is 112 cm³/mol. The van der Waals surface area contributed by atoms with Crippen LogP contribution in [0.3, 0.4) is 0 Å². The lowest BCUT2D eigenvalue weighted by Crippen LogP contribution is -2.47. The van der Waals surface area contributed by atoms with Crippen molar-refractivity contribution < 1.29 is 5.11 Å². The molecule has 6 nitrogen and oxygen atoms in total. The molecule has 0 unspecified atom stereocenters. The number of fused-ring (bicyclic) bond motifs is 1. The first-order chi connectivity index (χ1) is 13.2. The Kier molecular flexibility index (Phi) is 5.92. The quantitative estimate of drug-likeness (QED) is 0.848. The average Bonchev–Trinajstić information content (AvgIpc) is 2.97. The number of nitrogens with zero attached hydrogens (tertiary/aromatic N) is 5. The van der Waals surface area contributed by atoms with Crippen LogP contribution in [-0.2, 0) is 6.54 Å². The first kappa shape index (κ1) is 19.1. The van der Waals surface area contributed by atoms with Gasteiger partial charge in [-0.15, -0.1) is 11.3 Å². The SMILES string of the molecule is Cc1sc2nc(CN3CCCCC3)nc(N3CCN(CCO)CC3)c2c1C. The van der Waals surface area contributed by atoms with Crippen molar-refractivity contribution in [2.45, 2.75) is 39.7 Å². The van der Waals surface area contributed by atoms with Gasteiger partial charge in [-0.05, 0) is 45.3 Å². The Hall–Kier alpha value is -1.28. The van der Waals surface area contributed by atoms with Crippen molar-refractivity contribution in [2.75, 3.05) is 57.3 Å². The van der Waals surface area contributed by atoms with Crippen LogP contribution in [0.4, 0.5) is 5.82 Å². The Bertz CT molecular complexity index is 778. The Labute approximate surface area is 165 Å². The van der Waals surface area contributed by atoms with Crippen molar-refractivity contribution in [1.82, 2.24) is 19.8 Å². The number of rotatable bonds is 5. The summed E-state index contributed by atoms with van der Waals surface area (Å²) >= 11 is 1.80. The largest absolute Gasteiger partial charge is 0.395 e. The van der Waals surface area contributed by atoms with Gasteiger partial charge in [-0.3, -0.25) is 9.80 Å². The standard InChI is InChI=1S/C20H31N5OS/c1-15-16(2)27-20-18(15)19(25-10-8-23(9-11-25)12-13-26)21-17(22-20)14-24-6-4-3-5-7-24/h26H,3-14H2,1-2H3. The van der Waals surface area contributed by atoms with E-state index in [0.717, 1.165) is 55.7 Å². The molecule has 0 atom stereocenters. The fourth-order valence-electron chi connectivity index (χ4n) is 4.21. The van der Waals surface area contributed by atoms with Crippen LogP contribution >= 0.6 is 11.3 Å². The molecule has 0 saturated carbocycles. The number of thiophene rings is 1. The van der Waals surface area contributed by atoms with Gasteiger partial charge >= 0.3 is 0 Å². The summed E-state index contributed by atoms with van der Waals surface area (Å²) in [6.45, 7) is 12.5. The molecule has 0 aromatic carbocycles. The molecule has 0 radical (unpaired) electrons. The van der Waals surface area contributed by atoms with Gasteiger partial charge in [0, 0.05) is 37.6 Å². The molecule has 27 heavy (non-hydrogen) atoms. The van der Waals surface area contributed by atoms with Gasteiger partial charge < -0.3 is 10.0 Å². The van der Waals surface area contributed by atoms with Crippen molar-refractivity contribution in [3.8, 4) is 0 Å². The molecule has 4 heterocycles. The normalized spacial score (nSPS) is 19.9. The lowest BCUT2D eigenvalue weighted by Gasteiger charge is -2.35. The van der Waals surface area contributed by atoms with Gasteiger partial charge in [0.15, 0.2) is 0 Å². The number of aromatic nitrogens is 2. The van der Waals surface area contributed by atoms with Gasteiger partial charge in [-0.1, -0.05) is 6.42 Å². The molecule has 2 aromatic heterocycles. The highest BCUT2D eigenvalue weighted by molar-refractivity contribution is 7.18. The van der Waals surface area contributed by atoms with Crippen molar-refractivity contribution in [2.24, 2.45) is 0 Å². The summed E-state index contributed by atoms with van der Waals surface area (Å²) in [5, 5.41) is 10.4. The molecular weight excluding hydrogens is 358 g/mol. The number of piperazine rings is 1. The Balaban J connectivity index is 1.63. The topological polar surface area (TPSA) is 55.7 Å². The van der Waals surface area contributed by atoms with Crippen LogP contribution in [0.25, 0.3) is 10.2 Å². The van der Waals surface area contributed by atoms with Crippen molar-refractivity contribution in [3.05, 3.63) is 16.3 Å². The minimum atomic E-state index is 0.237. The third kappa shape index (κ3) is 4.11. The second kappa shape index (κ2) is 8.39. The minimum absolute atomic E-state index is 0.237. The number of aliphatic hydroxyl groups is 1. The maximum Gasteiger partial charge on any atom is 0.146 e. The third-order valence-electron chi connectivity index (χ3n) is 5.96. The maximum absolute atomic E-state index is 9.19. The lowest BCUT2D eigenvalue weighted by molar-refractivity contribution is 0.188. The molecular formula is C20H31N5OS. The molecule has 7 heteroatoms. The molecule has 2 fully saturated rings. The molecule has 148 valence electrons. The third-order valence-corrected chi connectivity index (χ3v) is 7.06. The molecule has 2 saturated heterocycles. The van der Waals surface area contributed by atoms with E-state index in [9.17, 15) is 5.11 Å². The van der Waals surface area contributed by atoms with E-state index >= 15 is 0 Å². The smallest absolute Gasteiger partial charge is 0.146 e. The van der Waals surface area contributed by atoms with E-state index in [0.29, 0.717) is 0 Å². The summed E-state index contributed by atoms with van der Waals surface area (Å²) in [5.74, 6) is 2.09. The molecule has 0 aliphatic carbocycles. The number of piperidine rings is 1. The molecule has 2 aliphatic rings. The van der Waals surface area contributed by atoms with Gasteiger partial charge in [-0.2, -0.15) is 0 Å². The Morgan fingerprint density at radius 1 is 0.926 bits per heavy atom. The van der Waals surface area contributed by atoms with Crippen LogP contribution in [0, 0.1) is 13.8 Å². The molecule has 2 aliphatic heterocycles. The number of likely N-dealkylation sites (tertiary alicyclic amines) is 1. The summed E-state index contributed by atoms with van der Waals surface area (Å²) < 4.78 is 0. The zero-order valence-electron chi connectivity index (χ0n) is 16.6. The van der Waals surface area contributed by atoms with Crippen molar-refractivity contribution >= 4 is 27.4 Å². The first-order valence-corrected chi connectivity index (χ1v) is 11.0. The van der Waals surface area contributed by atoms with E-state index in [-0.39, 0.29) is 6.61 Å². The van der Waals surface area contributed by atoms with Crippen LogP contribution in [0.2, 0.25) is 0 Å². The fraction of sp³-hybridized carbons (Fsp3) is 0.700. The highest BCUT2D eigenvalue weighted by Crippen LogP contribution is 2.35. The number of hydrogen-bond acceptors (Lipinski definition) is 7. The fourth-order valence-corrected chi connectivity index (χ4v) is 5.26. The number of hydrogen-bond donors (Lipinski definition) is 1. The van der Waals surface area contributed by atoms with Crippen molar-refractivity contribution in [3.63, 3.8) is 0 Å². The molecule has 0 bridgehead atoms. The van der Waals surface area contributed by atoms with E-state index in [1.165, 1.54) is 48.2 Å². The Morgan fingerprint density at radius 3 is 2.37 bits per heavy atom. The summed E-state index contributed by atoms with van der Waals surface area (Å²) in [7, 11) is 0. The second-order valence-corrected chi connectivity index (χ2v) is 9.02. The minimum Gasteiger partial charge on any atom is -0.395 e. The molecule has 1 N–H and O–H groups in total. The van der Waals surface area contributed by atoms with Crippen LogP contribution in [0.5, 0.6) is 0 Å². The number of β-amino-alcohol motifs (C(OH)–C–C–N with tert-alkyl or cyclic N) is 1. The van der Waals surface area contributed by atoms with Gasteiger partial charge in [-0.25, -0.2) is 9.97 Å². The highest BCUT2D eigenvalue weighted by atomic mass is 32.1. The number of aryl methyl sites for hydroxylation is 2. The Morgan fingerprint density at radius 2 is 1.67 bits per heavy atom. The highest BCUT2D eigenvalue weighted by Gasteiger charge is 2.24. The number of anilines is 1. The van der Waals surface area contributed by atoms with Crippen LogP contribution in [0.1, 0.15) is 35.5 Å². The monoisotopic (exact) mass is 389 g/mol. The number of aliphatic hydroxyl groups excluding tert-OH is 1. The molecule has 2 aromatic rings. The van der Waals surface area contributed by atoms with Crippen LogP contribution in [0.15, 0.2) is 0 Å². The van der Waals surface area contributed by atoms with E-state index < -0.39 is 0 Å². The van der Waals surface area contributed by atoms with Gasteiger partial charge in [0.25, 0.3) is 0 Å². The summed E-state index contributed by atoms with van der Waals surface area (Å²) in [5.41, 5.74) is 1.33. The van der Waals surface area contributed by atoms with Crippen molar-refractivity contribution in [1.29, 1.82) is 0 Å². The maximum atomic E-state index is 9.19. The van der Waals surface area contributed by atoms with E-state index in [4.69, 9.17) is 9.97 Å². The zero-order valence-corrected chi connectivity index (χ0v) is 17.4. The zero-order chi connectivity index (χ0) is 18.8. The second-order valence-electron chi connectivity index (χ2n) is 7.82. The molecule has 0 spiro atoms. The van der Waals surface area contributed by atoms with Gasteiger partial charge in [0.1, 0.15) is 16.5 Å². The molecule has 4 rings (SSSR count). The van der Waals surface area contributed by atoms with E-state index in [2.05, 4.69) is 28.5 Å². The molecule has 0 amide bonds. The van der Waals surface area contributed by atoms with E-state index in [1.807, 2.05) is 0 Å². The summed E-state index contributed by atoms with van der Waals surface area (Å²) in [6.07, 6.45) is 3.93. The summed E-state index contributed by atoms with van der Waals surface area (Å²) in [4.78, 5) is 19.8. The lowest BCUT2D eigenvalue weighted by atomic mass is 10.1.